The highest BCUT2D eigenvalue weighted by Gasteiger charge is 2.24. The van der Waals surface area contributed by atoms with Gasteiger partial charge in [0.1, 0.15) is 0 Å². The Hall–Kier alpha value is -1.16. The highest BCUT2D eigenvalue weighted by atomic mass is 15.2. The van der Waals surface area contributed by atoms with Crippen LogP contribution >= 0.6 is 0 Å². The molecule has 2 rings (SSSR count). The highest BCUT2D eigenvalue weighted by Crippen LogP contribution is 2.26. The molecule has 0 aromatic carbocycles. The van der Waals surface area contributed by atoms with E-state index in [0.29, 0.717) is 12.5 Å². The molecule has 0 amide bonds. The van der Waals surface area contributed by atoms with Crippen molar-refractivity contribution in [3.8, 4) is 0 Å². The number of nitrogens with zero attached hydrogens (tertiary/aromatic N) is 3. The van der Waals surface area contributed by atoms with E-state index in [-0.39, 0.29) is 0 Å². The quantitative estimate of drug-likeness (QED) is 0.819. The number of nitrogens with two attached hydrogens (primary N) is 1. The maximum absolute atomic E-state index is 5.69. The van der Waals surface area contributed by atoms with E-state index in [1.807, 2.05) is 0 Å². The Morgan fingerprint density at radius 1 is 1.31 bits per heavy atom. The molecule has 1 aliphatic heterocycles. The molecule has 0 bridgehead atoms. The monoisotopic (exact) mass is 220 g/mol. The molecule has 2 heterocycles. The van der Waals surface area contributed by atoms with Crippen molar-refractivity contribution in [1.82, 2.24) is 9.97 Å². The minimum atomic E-state index is 0.462. The van der Waals surface area contributed by atoms with Crippen LogP contribution in [0.5, 0.6) is 0 Å². The zero-order chi connectivity index (χ0) is 11.5. The first kappa shape index (κ1) is 11.3. The van der Waals surface area contributed by atoms with Gasteiger partial charge in [0.05, 0.1) is 5.69 Å². The van der Waals surface area contributed by atoms with E-state index < -0.39 is 0 Å². The molecule has 0 radical (unpaired) electrons. The number of piperidine rings is 1. The standard InChI is InChI=1S/C12H20N4/c1-9-3-6-16(8-10(9)2)12-11(7-13)14-4-5-15-12/h4-5,9-10H,3,6-8,13H2,1-2H3. The molecule has 88 valence electrons. The molecule has 4 heteroatoms. The molecule has 4 nitrogen and oxygen atoms in total. The topological polar surface area (TPSA) is 55.0 Å². The van der Waals surface area contributed by atoms with E-state index in [9.17, 15) is 0 Å². The highest BCUT2D eigenvalue weighted by molar-refractivity contribution is 5.43. The third kappa shape index (κ3) is 2.16. The second kappa shape index (κ2) is 4.78. The summed E-state index contributed by atoms with van der Waals surface area (Å²) in [6.07, 6.45) is 4.68. The summed E-state index contributed by atoms with van der Waals surface area (Å²) in [5.41, 5.74) is 6.60. The van der Waals surface area contributed by atoms with Crippen LogP contribution in [-0.4, -0.2) is 23.1 Å². The summed E-state index contributed by atoms with van der Waals surface area (Å²) in [6, 6.07) is 0. The first-order valence-corrected chi connectivity index (χ1v) is 5.97. The molecule has 0 aliphatic carbocycles. The normalized spacial score (nSPS) is 25.8. The van der Waals surface area contributed by atoms with E-state index >= 15 is 0 Å². The van der Waals surface area contributed by atoms with Gasteiger partial charge in [-0.25, -0.2) is 4.98 Å². The lowest BCUT2D eigenvalue weighted by Crippen LogP contribution is -2.39. The summed E-state index contributed by atoms with van der Waals surface area (Å²) in [7, 11) is 0. The van der Waals surface area contributed by atoms with Gasteiger partial charge in [-0.3, -0.25) is 4.98 Å². The van der Waals surface area contributed by atoms with Gasteiger partial charge in [0.2, 0.25) is 0 Å². The van der Waals surface area contributed by atoms with Crippen molar-refractivity contribution in [1.29, 1.82) is 0 Å². The van der Waals surface area contributed by atoms with Gasteiger partial charge in [-0.1, -0.05) is 13.8 Å². The molecule has 1 aromatic rings. The van der Waals surface area contributed by atoms with Crippen LogP contribution in [0.1, 0.15) is 26.0 Å². The molecule has 1 fully saturated rings. The third-order valence-electron chi connectivity index (χ3n) is 3.58. The average molecular weight is 220 g/mol. The smallest absolute Gasteiger partial charge is 0.151 e. The Kier molecular flexibility index (Phi) is 3.39. The third-order valence-corrected chi connectivity index (χ3v) is 3.58. The summed E-state index contributed by atoms with van der Waals surface area (Å²) in [4.78, 5) is 11.0. The van der Waals surface area contributed by atoms with Crippen LogP contribution in [0.25, 0.3) is 0 Å². The first-order valence-electron chi connectivity index (χ1n) is 5.97. The van der Waals surface area contributed by atoms with Crippen LogP contribution in [0.4, 0.5) is 5.82 Å². The molecule has 0 saturated carbocycles. The van der Waals surface area contributed by atoms with Crippen molar-refractivity contribution in [2.75, 3.05) is 18.0 Å². The number of rotatable bonds is 2. The fraction of sp³-hybridized carbons (Fsp3) is 0.667. The van der Waals surface area contributed by atoms with Crippen molar-refractivity contribution in [2.45, 2.75) is 26.8 Å². The van der Waals surface area contributed by atoms with Gasteiger partial charge in [-0.2, -0.15) is 0 Å². The molecule has 16 heavy (non-hydrogen) atoms. The predicted octanol–water partition coefficient (Wildman–Crippen LogP) is 1.42. The van der Waals surface area contributed by atoms with Crippen molar-refractivity contribution in [3.63, 3.8) is 0 Å². The summed E-state index contributed by atoms with van der Waals surface area (Å²) in [5, 5.41) is 0. The fourth-order valence-electron chi connectivity index (χ4n) is 2.22. The van der Waals surface area contributed by atoms with Crippen molar-refractivity contribution < 1.29 is 0 Å². The molecule has 1 aliphatic rings. The van der Waals surface area contributed by atoms with Crippen LogP contribution < -0.4 is 10.6 Å². The van der Waals surface area contributed by atoms with E-state index in [4.69, 9.17) is 5.73 Å². The largest absolute Gasteiger partial charge is 0.355 e. The van der Waals surface area contributed by atoms with Gasteiger partial charge in [-0.05, 0) is 18.3 Å². The molecular weight excluding hydrogens is 200 g/mol. The van der Waals surface area contributed by atoms with E-state index in [2.05, 4.69) is 28.7 Å². The second-order valence-electron chi connectivity index (χ2n) is 4.72. The summed E-state index contributed by atoms with van der Waals surface area (Å²) in [6.45, 7) is 7.21. The zero-order valence-electron chi connectivity index (χ0n) is 10.1. The minimum Gasteiger partial charge on any atom is -0.355 e. The van der Waals surface area contributed by atoms with Gasteiger partial charge >= 0.3 is 0 Å². The van der Waals surface area contributed by atoms with Gasteiger partial charge in [0.15, 0.2) is 5.82 Å². The SMILES string of the molecule is CC1CCN(c2nccnc2CN)CC1C. The minimum absolute atomic E-state index is 0.462. The Bertz CT molecular complexity index is 353. The molecule has 2 unspecified atom stereocenters. The maximum Gasteiger partial charge on any atom is 0.151 e. The first-order chi connectivity index (χ1) is 7.72. The van der Waals surface area contributed by atoms with Gasteiger partial charge < -0.3 is 10.6 Å². The van der Waals surface area contributed by atoms with Crippen LogP contribution in [0, 0.1) is 11.8 Å². The number of hydrogen-bond donors (Lipinski definition) is 1. The summed E-state index contributed by atoms with van der Waals surface area (Å²) >= 11 is 0. The molecular formula is C12H20N4. The Balaban J connectivity index is 2.18. The summed E-state index contributed by atoms with van der Waals surface area (Å²) < 4.78 is 0. The Morgan fingerprint density at radius 3 is 2.75 bits per heavy atom. The van der Waals surface area contributed by atoms with E-state index in [0.717, 1.165) is 30.5 Å². The van der Waals surface area contributed by atoms with Crippen molar-refractivity contribution in [3.05, 3.63) is 18.1 Å². The number of anilines is 1. The van der Waals surface area contributed by atoms with Crippen LogP contribution in [0.2, 0.25) is 0 Å². The van der Waals surface area contributed by atoms with Gasteiger partial charge in [0.25, 0.3) is 0 Å². The summed E-state index contributed by atoms with van der Waals surface area (Å²) in [5.74, 6) is 2.49. The number of aromatic nitrogens is 2. The average Bonchev–Trinajstić information content (AvgIpc) is 2.32. The second-order valence-corrected chi connectivity index (χ2v) is 4.72. The molecule has 2 N–H and O–H groups in total. The Labute approximate surface area is 96.9 Å². The lowest BCUT2D eigenvalue weighted by atomic mass is 9.88. The number of hydrogen-bond acceptors (Lipinski definition) is 4. The molecule has 1 saturated heterocycles. The van der Waals surface area contributed by atoms with Gasteiger partial charge in [-0.15, -0.1) is 0 Å². The lowest BCUT2D eigenvalue weighted by molar-refractivity contribution is 0.322. The van der Waals surface area contributed by atoms with Crippen molar-refractivity contribution in [2.24, 2.45) is 17.6 Å². The molecule has 2 atom stereocenters. The van der Waals surface area contributed by atoms with Crippen LogP contribution in [0.3, 0.4) is 0 Å². The van der Waals surface area contributed by atoms with E-state index in [1.165, 1.54) is 6.42 Å². The predicted molar refractivity (Wildman–Crippen MR) is 65.1 cm³/mol. The van der Waals surface area contributed by atoms with E-state index in [1.54, 1.807) is 12.4 Å². The zero-order valence-corrected chi connectivity index (χ0v) is 10.1. The van der Waals surface area contributed by atoms with Crippen molar-refractivity contribution >= 4 is 5.82 Å². The molecule has 0 spiro atoms. The fourth-order valence-corrected chi connectivity index (χ4v) is 2.22. The van der Waals surface area contributed by atoms with Crippen LogP contribution in [-0.2, 0) is 6.54 Å². The maximum atomic E-state index is 5.69. The Morgan fingerprint density at radius 2 is 2.06 bits per heavy atom. The molecule has 1 aromatic heterocycles. The lowest BCUT2D eigenvalue weighted by Gasteiger charge is -2.36. The van der Waals surface area contributed by atoms with Gasteiger partial charge in [0, 0.05) is 32.0 Å². The van der Waals surface area contributed by atoms with Crippen LogP contribution in [0.15, 0.2) is 12.4 Å².